The molecule has 0 spiro atoms. The molecule has 1 unspecified atom stereocenters. The first-order chi connectivity index (χ1) is 13.5. The van der Waals surface area contributed by atoms with Crippen LogP contribution in [0.2, 0.25) is 0 Å². The average molecular weight is 425 g/mol. The standard InChI is InChI=1S/C24H44N2O4/c1-16(20(28)30-18-14-23(6,7)26-24(8,9)15-18)10-11-19(27)29-17-12-21(2,3)25-22(4,5)13-17/h16-18,25-26H,10-15H2,1-9H3. The fraction of sp³-hybridized carbons (Fsp3) is 0.917. The van der Waals surface area contributed by atoms with Gasteiger partial charge in [0.1, 0.15) is 12.2 Å². The molecule has 6 heteroatoms. The zero-order valence-electron chi connectivity index (χ0n) is 20.6. The van der Waals surface area contributed by atoms with E-state index in [9.17, 15) is 9.59 Å². The van der Waals surface area contributed by atoms with Gasteiger partial charge in [0.15, 0.2) is 0 Å². The highest BCUT2D eigenvalue weighted by molar-refractivity contribution is 5.74. The molecule has 0 aromatic rings. The highest BCUT2D eigenvalue weighted by Crippen LogP contribution is 2.32. The minimum absolute atomic E-state index is 0.0692. The number of carbonyl (C=O) groups excluding carboxylic acids is 2. The van der Waals surface area contributed by atoms with Gasteiger partial charge in [0.2, 0.25) is 0 Å². The molecule has 2 saturated heterocycles. The minimum atomic E-state index is -0.320. The van der Waals surface area contributed by atoms with E-state index in [1.165, 1.54) is 0 Å². The van der Waals surface area contributed by atoms with E-state index in [4.69, 9.17) is 9.47 Å². The van der Waals surface area contributed by atoms with E-state index in [0.29, 0.717) is 6.42 Å². The SMILES string of the molecule is CC(CCC(=O)OC1CC(C)(C)NC(C)(C)C1)C(=O)OC1CC(C)(C)NC(C)(C)C1. The Kier molecular flexibility index (Phi) is 7.35. The second-order valence-corrected chi connectivity index (χ2v) is 12.2. The van der Waals surface area contributed by atoms with Gasteiger partial charge in [0.25, 0.3) is 0 Å². The Morgan fingerprint density at radius 1 is 0.767 bits per heavy atom. The molecule has 0 radical (unpaired) electrons. The molecule has 0 aromatic carbocycles. The Morgan fingerprint density at radius 2 is 1.13 bits per heavy atom. The van der Waals surface area contributed by atoms with Crippen LogP contribution in [0.25, 0.3) is 0 Å². The number of nitrogens with one attached hydrogen (secondary N) is 2. The van der Waals surface area contributed by atoms with Crippen molar-refractivity contribution in [2.45, 2.75) is 135 Å². The van der Waals surface area contributed by atoms with Crippen LogP contribution in [0.15, 0.2) is 0 Å². The molecule has 2 aliphatic rings. The molecule has 2 N–H and O–H groups in total. The third kappa shape index (κ3) is 7.84. The van der Waals surface area contributed by atoms with Crippen molar-refractivity contribution in [2.24, 2.45) is 5.92 Å². The van der Waals surface area contributed by atoms with Crippen LogP contribution in [0.4, 0.5) is 0 Å². The second-order valence-electron chi connectivity index (χ2n) is 12.2. The fourth-order valence-corrected chi connectivity index (χ4v) is 5.60. The molecule has 6 nitrogen and oxygen atoms in total. The van der Waals surface area contributed by atoms with Gasteiger partial charge in [-0.25, -0.2) is 0 Å². The van der Waals surface area contributed by atoms with Gasteiger partial charge in [-0.2, -0.15) is 0 Å². The Hall–Kier alpha value is -1.14. The van der Waals surface area contributed by atoms with Gasteiger partial charge < -0.3 is 20.1 Å². The molecular weight excluding hydrogens is 380 g/mol. The van der Waals surface area contributed by atoms with Crippen LogP contribution in [0.1, 0.15) is 101 Å². The van der Waals surface area contributed by atoms with Gasteiger partial charge in [-0.3, -0.25) is 9.59 Å². The van der Waals surface area contributed by atoms with E-state index in [2.05, 4.69) is 66.0 Å². The number of piperidine rings is 2. The maximum atomic E-state index is 12.6. The predicted molar refractivity (Wildman–Crippen MR) is 119 cm³/mol. The van der Waals surface area contributed by atoms with E-state index in [1.54, 1.807) is 0 Å². The topological polar surface area (TPSA) is 76.7 Å². The smallest absolute Gasteiger partial charge is 0.308 e. The maximum Gasteiger partial charge on any atom is 0.308 e. The van der Waals surface area contributed by atoms with Gasteiger partial charge in [-0.1, -0.05) is 6.92 Å². The summed E-state index contributed by atoms with van der Waals surface area (Å²) in [7, 11) is 0. The van der Waals surface area contributed by atoms with Gasteiger partial charge >= 0.3 is 11.9 Å². The maximum absolute atomic E-state index is 12.6. The van der Waals surface area contributed by atoms with Crippen molar-refractivity contribution in [3.8, 4) is 0 Å². The number of hydrogen-bond donors (Lipinski definition) is 2. The summed E-state index contributed by atoms with van der Waals surface area (Å²) >= 11 is 0. The van der Waals surface area contributed by atoms with E-state index in [0.717, 1.165) is 25.7 Å². The molecule has 0 saturated carbocycles. The van der Waals surface area contributed by atoms with Crippen LogP contribution in [-0.4, -0.2) is 46.3 Å². The first kappa shape index (κ1) is 25.1. The van der Waals surface area contributed by atoms with Gasteiger partial charge in [-0.15, -0.1) is 0 Å². The van der Waals surface area contributed by atoms with Crippen LogP contribution in [-0.2, 0) is 19.1 Å². The lowest BCUT2D eigenvalue weighted by molar-refractivity contribution is -0.158. The van der Waals surface area contributed by atoms with Crippen molar-refractivity contribution in [3.63, 3.8) is 0 Å². The molecule has 0 amide bonds. The summed E-state index contributed by atoms with van der Waals surface area (Å²) in [6.07, 6.45) is 3.67. The number of esters is 2. The number of ether oxygens (including phenoxy) is 2. The molecule has 1 atom stereocenters. The van der Waals surface area contributed by atoms with E-state index < -0.39 is 0 Å². The predicted octanol–water partition coefficient (Wildman–Crippen LogP) is 4.11. The molecule has 30 heavy (non-hydrogen) atoms. The molecule has 0 aromatic heterocycles. The van der Waals surface area contributed by atoms with Gasteiger partial charge in [-0.05, 0) is 61.8 Å². The molecule has 0 aliphatic carbocycles. The lowest BCUT2D eigenvalue weighted by Gasteiger charge is -2.46. The normalized spacial score (nSPS) is 26.6. The molecule has 0 bridgehead atoms. The summed E-state index contributed by atoms with van der Waals surface area (Å²) in [5, 5.41) is 7.19. The number of rotatable bonds is 6. The lowest BCUT2D eigenvalue weighted by Crippen LogP contribution is -2.59. The minimum Gasteiger partial charge on any atom is -0.462 e. The average Bonchev–Trinajstić information content (AvgIpc) is 2.45. The van der Waals surface area contributed by atoms with Gasteiger partial charge in [0, 0.05) is 54.3 Å². The zero-order chi connectivity index (χ0) is 23.0. The van der Waals surface area contributed by atoms with Gasteiger partial charge in [0.05, 0.1) is 5.92 Å². The quantitative estimate of drug-likeness (QED) is 0.625. The number of hydrogen-bond acceptors (Lipinski definition) is 6. The third-order valence-corrected chi connectivity index (χ3v) is 6.07. The molecule has 2 fully saturated rings. The van der Waals surface area contributed by atoms with Crippen molar-refractivity contribution in [3.05, 3.63) is 0 Å². The van der Waals surface area contributed by atoms with Crippen LogP contribution >= 0.6 is 0 Å². The van der Waals surface area contributed by atoms with Crippen LogP contribution in [0.5, 0.6) is 0 Å². The second kappa shape index (κ2) is 8.78. The highest BCUT2D eigenvalue weighted by Gasteiger charge is 2.41. The van der Waals surface area contributed by atoms with E-state index >= 15 is 0 Å². The van der Waals surface area contributed by atoms with Crippen LogP contribution in [0.3, 0.4) is 0 Å². The number of carbonyl (C=O) groups is 2. The zero-order valence-corrected chi connectivity index (χ0v) is 20.6. The highest BCUT2D eigenvalue weighted by atomic mass is 16.5. The first-order valence-electron chi connectivity index (χ1n) is 11.5. The molecule has 2 rings (SSSR count). The summed E-state index contributed by atoms with van der Waals surface area (Å²) < 4.78 is 11.6. The molecule has 174 valence electrons. The Bertz CT molecular complexity index is 607. The lowest BCUT2D eigenvalue weighted by atomic mass is 9.81. The van der Waals surface area contributed by atoms with Crippen LogP contribution < -0.4 is 10.6 Å². The summed E-state index contributed by atoms with van der Waals surface area (Å²) in [6.45, 7) is 18.9. The Balaban J connectivity index is 1.80. The molecule has 2 aliphatic heterocycles. The van der Waals surface area contributed by atoms with Crippen molar-refractivity contribution in [1.29, 1.82) is 0 Å². The molecular formula is C24H44N2O4. The van der Waals surface area contributed by atoms with E-state index in [-0.39, 0.29) is 58.6 Å². The first-order valence-corrected chi connectivity index (χ1v) is 11.5. The largest absolute Gasteiger partial charge is 0.462 e. The Morgan fingerprint density at radius 3 is 1.53 bits per heavy atom. The summed E-state index contributed by atoms with van der Waals surface area (Å²) in [5.74, 6) is -0.762. The Labute approximate surface area is 183 Å². The summed E-state index contributed by atoms with van der Waals surface area (Å²) in [4.78, 5) is 25.0. The summed E-state index contributed by atoms with van der Waals surface area (Å²) in [6, 6.07) is 0. The van der Waals surface area contributed by atoms with Crippen molar-refractivity contribution in [1.82, 2.24) is 10.6 Å². The monoisotopic (exact) mass is 424 g/mol. The van der Waals surface area contributed by atoms with E-state index in [1.807, 2.05) is 6.92 Å². The molecule has 2 heterocycles. The third-order valence-electron chi connectivity index (χ3n) is 6.07. The fourth-order valence-electron chi connectivity index (χ4n) is 5.60. The van der Waals surface area contributed by atoms with Crippen molar-refractivity contribution >= 4 is 11.9 Å². The summed E-state index contributed by atoms with van der Waals surface area (Å²) in [5.41, 5.74) is -0.285. The van der Waals surface area contributed by atoms with Crippen molar-refractivity contribution < 1.29 is 19.1 Å². The van der Waals surface area contributed by atoms with Crippen molar-refractivity contribution in [2.75, 3.05) is 0 Å². The van der Waals surface area contributed by atoms with Crippen LogP contribution in [0, 0.1) is 5.92 Å².